The lowest BCUT2D eigenvalue weighted by molar-refractivity contribution is -0.129. The van der Waals surface area contributed by atoms with Crippen molar-refractivity contribution in [1.29, 1.82) is 0 Å². The molecule has 16 nitrogen and oxygen atoms in total. The number of carbonyl (C=O) groups is 6. The molecule has 21 heteroatoms. The molecule has 0 bridgehead atoms. The molecule has 6 fully saturated rings. The van der Waals surface area contributed by atoms with Crippen molar-refractivity contribution < 1.29 is 38.2 Å². The number of para-hydroxylation sites is 2. The maximum atomic E-state index is 13.9. The van der Waals surface area contributed by atoms with Crippen molar-refractivity contribution in [2.45, 2.75) is 84.3 Å². The highest BCUT2D eigenvalue weighted by molar-refractivity contribution is 7.99. The molecule has 4 aromatic carbocycles. The number of nitrogens with one attached hydrogen (secondary N) is 4. The topological polar surface area (TPSA) is 182 Å². The summed E-state index contributed by atoms with van der Waals surface area (Å²) < 4.78 is 11.7. The Morgan fingerprint density at radius 3 is 1.25 bits per heavy atom. The van der Waals surface area contributed by atoms with Crippen molar-refractivity contribution in [2.75, 3.05) is 66.6 Å². The third-order valence-electron chi connectivity index (χ3n) is 16.1. The summed E-state index contributed by atoms with van der Waals surface area (Å²) in [6.07, 6.45) is 11.7. The second kappa shape index (κ2) is 22.9. The van der Waals surface area contributed by atoms with Gasteiger partial charge in [-0.3, -0.25) is 29.8 Å². The Bertz CT molecular complexity index is 2890. The van der Waals surface area contributed by atoms with Gasteiger partial charge in [-0.15, -0.1) is 0 Å². The summed E-state index contributed by atoms with van der Waals surface area (Å²) in [5.74, 6) is 0.299. The lowest BCUT2D eigenvalue weighted by Gasteiger charge is -2.43. The van der Waals surface area contributed by atoms with E-state index in [1.165, 1.54) is 23.9 Å². The number of urea groups is 2. The van der Waals surface area contributed by atoms with Crippen molar-refractivity contribution in [3.8, 4) is 33.8 Å². The highest BCUT2D eigenvalue weighted by Crippen LogP contribution is 2.50. The Kier molecular flexibility index (Phi) is 16.2. The van der Waals surface area contributed by atoms with Gasteiger partial charge < -0.3 is 39.7 Å². The number of amides is 8. The molecule has 4 aromatic rings. The molecule has 2 spiro atoms. The van der Waals surface area contributed by atoms with Crippen LogP contribution < -0.4 is 30.7 Å². The van der Waals surface area contributed by atoms with Crippen LogP contribution in [0.4, 0.5) is 9.59 Å². The summed E-state index contributed by atoms with van der Waals surface area (Å²) in [7, 11) is 3.17. The molecule has 10 rings (SSSR count). The Balaban J connectivity index is 0.871. The number of benzene rings is 4. The van der Waals surface area contributed by atoms with Crippen LogP contribution in [-0.4, -0.2) is 145 Å². The summed E-state index contributed by atoms with van der Waals surface area (Å²) >= 11 is 30.2. The third kappa shape index (κ3) is 11.0. The molecular weight excluding hydrogens is 1090 g/mol. The van der Waals surface area contributed by atoms with Gasteiger partial charge in [-0.2, -0.15) is 0 Å². The second-order valence-electron chi connectivity index (χ2n) is 20.3. The van der Waals surface area contributed by atoms with Gasteiger partial charge in [0.1, 0.15) is 22.6 Å². The van der Waals surface area contributed by atoms with Crippen molar-refractivity contribution in [3.05, 3.63) is 104 Å². The predicted octanol–water partition coefficient (Wildman–Crippen LogP) is 9.16. The summed E-state index contributed by atoms with van der Waals surface area (Å²) in [4.78, 5) is 86.0. The van der Waals surface area contributed by atoms with E-state index in [4.69, 9.17) is 55.9 Å². The fourth-order valence-electron chi connectivity index (χ4n) is 11.7. The minimum Gasteiger partial charge on any atom is -0.496 e. The van der Waals surface area contributed by atoms with Crippen molar-refractivity contribution >= 4 is 106 Å². The Hall–Kier alpha value is -5.79. The summed E-state index contributed by atoms with van der Waals surface area (Å²) in [5, 5.41) is 11.3. The first-order valence-corrected chi connectivity index (χ1v) is 28.1. The van der Waals surface area contributed by atoms with Crippen LogP contribution in [0.25, 0.3) is 34.4 Å². The standard InChI is InChI=1S/C56H58Cl4N8O8S/c1-75-41-9-5-3-7-35(41)39-31-43(49(59)47(57)37(39)11-13-45(69)67-23-15-33(16-24-67)65-27-19-55(20-28-65)51(71)61-53(73)63-55)77-44-32-40(36-8-4-6-10-42(36)76-2)38(48(58)50(44)60)12-14-46(70)68-25-17-34(18-26-68)66-29-21-56(22-30-66)52(72)62-54(74)64-56/h3-14,31-34H,15-30H2,1-2H3,(H2,61,63,71,73)(H2,62,64,72,74). The van der Waals surface area contributed by atoms with E-state index in [9.17, 15) is 28.8 Å². The first kappa shape index (κ1) is 54.6. The second-order valence-corrected chi connectivity index (χ2v) is 22.9. The molecule has 6 aliphatic rings. The molecule has 6 saturated heterocycles. The molecule has 0 radical (unpaired) electrons. The van der Waals surface area contributed by atoms with Gasteiger partial charge in [0.05, 0.1) is 34.3 Å². The molecule has 0 aliphatic carbocycles. The lowest BCUT2D eigenvalue weighted by atomic mass is 9.86. The third-order valence-corrected chi connectivity index (χ3v) is 19.2. The summed E-state index contributed by atoms with van der Waals surface area (Å²) in [6, 6.07) is 18.4. The number of hydrogen-bond acceptors (Lipinski definition) is 11. The molecule has 0 saturated carbocycles. The largest absolute Gasteiger partial charge is 0.496 e. The zero-order valence-electron chi connectivity index (χ0n) is 42.5. The first-order valence-electron chi connectivity index (χ1n) is 25.8. The van der Waals surface area contributed by atoms with Crippen LogP contribution in [0.15, 0.2) is 82.6 Å². The van der Waals surface area contributed by atoms with Gasteiger partial charge in [0.25, 0.3) is 11.8 Å². The van der Waals surface area contributed by atoms with Crippen molar-refractivity contribution in [3.63, 3.8) is 0 Å². The van der Waals surface area contributed by atoms with E-state index in [2.05, 4.69) is 31.1 Å². The quantitative estimate of drug-likeness (QED) is 0.0785. The molecule has 0 aromatic heterocycles. The van der Waals surface area contributed by atoms with Gasteiger partial charge >= 0.3 is 12.1 Å². The molecule has 8 amide bonds. The van der Waals surface area contributed by atoms with E-state index < -0.39 is 23.1 Å². The summed E-state index contributed by atoms with van der Waals surface area (Å²) in [5.41, 5.74) is 2.10. The molecule has 77 heavy (non-hydrogen) atoms. The van der Waals surface area contributed by atoms with Crippen LogP contribution in [0.3, 0.4) is 0 Å². The highest BCUT2D eigenvalue weighted by Gasteiger charge is 2.50. The lowest BCUT2D eigenvalue weighted by Crippen LogP contribution is -2.57. The van der Waals surface area contributed by atoms with E-state index in [-0.39, 0.29) is 55.8 Å². The van der Waals surface area contributed by atoms with Crippen LogP contribution in [-0.2, 0) is 19.2 Å². The van der Waals surface area contributed by atoms with Gasteiger partial charge in [-0.1, -0.05) is 94.6 Å². The molecule has 0 unspecified atom stereocenters. The number of hydrogen-bond donors (Lipinski definition) is 4. The molecule has 6 heterocycles. The number of piperidine rings is 4. The molecule has 0 atom stereocenters. The van der Waals surface area contributed by atoms with E-state index in [1.54, 1.807) is 26.4 Å². The minimum atomic E-state index is -0.836. The number of halogens is 4. The number of nitrogens with zero attached hydrogens (tertiary/aromatic N) is 4. The van der Waals surface area contributed by atoms with Gasteiger partial charge in [-0.25, -0.2) is 9.59 Å². The highest BCUT2D eigenvalue weighted by atomic mass is 35.5. The fraction of sp³-hybridized carbons (Fsp3) is 0.393. The number of rotatable bonds is 12. The fourth-order valence-corrected chi connectivity index (χ4v) is 13.9. The van der Waals surface area contributed by atoms with Crippen LogP contribution in [0.1, 0.15) is 62.5 Å². The monoisotopic (exact) mass is 1140 g/mol. The van der Waals surface area contributed by atoms with Gasteiger partial charge in [0.15, 0.2) is 0 Å². The number of methoxy groups -OCH3 is 2. The smallest absolute Gasteiger partial charge is 0.322 e. The van der Waals surface area contributed by atoms with Crippen molar-refractivity contribution in [2.24, 2.45) is 0 Å². The maximum Gasteiger partial charge on any atom is 0.322 e. The predicted molar refractivity (Wildman–Crippen MR) is 299 cm³/mol. The Morgan fingerprint density at radius 2 is 0.909 bits per heavy atom. The van der Waals surface area contributed by atoms with Crippen LogP contribution in [0, 0.1) is 0 Å². The van der Waals surface area contributed by atoms with Crippen LogP contribution >= 0.6 is 58.2 Å². The van der Waals surface area contributed by atoms with Gasteiger partial charge in [-0.05, 0) is 98.9 Å². The molecule has 404 valence electrons. The number of ether oxygens (including phenoxy) is 2. The number of imide groups is 2. The van der Waals surface area contributed by atoms with Crippen LogP contribution in [0.5, 0.6) is 11.5 Å². The van der Waals surface area contributed by atoms with Gasteiger partial charge in [0.2, 0.25) is 11.8 Å². The molecule has 6 aliphatic heterocycles. The Labute approximate surface area is 471 Å². The summed E-state index contributed by atoms with van der Waals surface area (Å²) in [6.45, 7) is 4.92. The van der Waals surface area contributed by atoms with E-state index in [0.717, 1.165) is 25.7 Å². The zero-order valence-corrected chi connectivity index (χ0v) is 46.4. The first-order chi connectivity index (χ1) is 37.1. The Morgan fingerprint density at radius 1 is 0.545 bits per heavy atom. The van der Waals surface area contributed by atoms with E-state index in [1.807, 2.05) is 70.5 Å². The zero-order chi connectivity index (χ0) is 54.2. The van der Waals surface area contributed by atoms with Crippen molar-refractivity contribution in [1.82, 2.24) is 40.9 Å². The normalized spacial score (nSPS) is 20.3. The maximum absolute atomic E-state index is 13.9. The van der Waals surface area contributed by atoms with Crippen LogP contribution in [0.2, 0.25) is 20.1 Å². The van der Waals surface area contributed by atoms with Gasteiger partial charge in [0, 0.05) is 109 Å². The molecular formula is C56H58Cl4N8O8S. The SMILES string of the molecule is COc1ccccc1-c1cc(Sc2cc(-c3ccccc3OC)c(C=CC(=O)N3CCC(N4CCC5(CC4)NC(=O)NC5=O)CC3)c(Cl)c2Cl)c(Cl)c(Cl)c1C=CC(=O)N1CCC(N2CCC3(CC2)NC(=O)NC3=O)CC1. The average Bonchev–Trinajstić information content (AvgIpc) is 3.92. The number of likely N-dealkylation sites (tertiary alicyclic amines) is 4. The molecule has 4 N–H and O–H groups in total. The van der Waals surface area contributed by atoms with E-state index in [0.29, 0.717) is 133 Å². The van der Waals surface area contributed by atoms with E-state index >= 15 is 0 Å². The average molecular weight is 1150 g/mol. The number of carbonyl (C=O) groups excluding carboxylic acids is 6. The minimum absolute atomic E-state index is 0.170.